The Hall–Kier alpha value is -6.00. The van der Waals surface area contributed by atoms with E-state index in [1.165, 1.54) is 54.5 Å². The van der Waals surface area contributed by atoms with Gasteiger partial charge in [-0.05, 0) is 43.3 Å². The zero-order valence-electron chi connectivity index (χ0n) is 33.3. The molecule has 0 aliphatic carbocycles. The molecule has 2 fully saturated rings. The molecule has 308 valence electrons. The van der Waals surface area contributed by atoms with Crippen LogP contribution < -0.4 is 10.6 Å². The van der Waals surface area contributed by atoms with Gasteiger partial charge in [0.2, 0.25) is 5.91 Å². The molecule has 2 aliphatic rings. The van der Waals surface area contributed by atoms with Crippen LogP contribution in [0.3, 0.4) is 0 Å². The van der Waals surface area contributed by atoms with Gasteiger partial charge >= 0.3 is 0 Å². The topological polar surface area (TPSA) is 147 Å². The van der Waals surface area contributed by atoms with Gasteiger partial charge in [-0.15, -0.1) is 0 Å². The number of piperazine rings is 1. The SMILES string of the molecule is Cc1c(-c2ccc(-c3cnc(C(=O)Nc4ccc(C(=O)N5CCN(C(=O)C6CC[N+](C)(C)CC6)CC5)c(Cl)c4)n3C)c(F)c2F)cnn1CCNC(=O)c1ccccn1. The summed E-state index contributed by atoms with van der Waals surface area (Å²) in [5.74, 6) is -3.33. The van der Waals surface area contributed by atoms with E-state index in [0.29, 0.717) is 49.7 Å². The molecule has 14 nitrogen and oxygen atoms in total. The first-order valence-electron chi connectivity index (χ1n) is 19.5. The molecule has 5 heterocycles. The number of aromatic nitrogens is 5. The van der Waals surface area contributed by atoms with Gasteiger partial charge in [0.25, 0.3) is 17.7 Å². The van der Waals surface area contributed by atoms with E-state index in [2.05, 4.69) is 39.8 Å². The molecule has 2 aliphatic heterocycles. The lowest BCUT2D eigenvalue weighted by Gasteiger charge is -2.40. The number of nitrogens with zero attached hydrogens (tertiary/aromatic N) is 8. The summed E-state index contributed by atoms with van der Waals surface area (Å²) in [6, 6.07) is 12.4. The van der Waals surface area contributed by atoms with Gasteiger partial charge in [0.1, 0.15) is 5.69 Å². The van der Waals surface area contributed by atoms with Crippen LogP contribution in [0.5, 0.6) is 0 Å². The van der Waals surface area contributed by atoms with Crippen molar-refractivity contribution in [3.8, 4) is 22.4 Å². The van der Waals surface area contributed by atoms with Crippen molar-refractivity contribution in [3.05, 3.63) is 107 Å². The number of rotatable bonds is 10. The zero-order chi connectivity index (χ0) is 42.0. The predicted molar refractivity (Wildman–Crippen MR) is 218 cm³/mol. The molecule has 3 aromatic heterocycles. The van der Waals surface area contributed by atoms with E-state index >= 15 is 8.78 Å². The maximum absolute atomic E-state index is 15.7. The smallest absolute Gasteiger partial charge is 0.291 e. The molecular weight excluding hydrogens is 782 g/mol. The van der Waals surface area contributed by atoms with Crippen molar-refractivity contribution >= 4 is 40.9 Å². The van der Waals surface area contributed by atoms with Crippen LogP contribution in [0.2, 0.25) is 5.02 Å². The molecule has 17 heteroatoms. The van der Waals surface area contributed by atoms with Crippen molar-refractivity contribution in [3.63, 3.8) is 0 Å². The maximum atomic E-state index is 15.7. The molecule has 2 N–H and O–H groups in total. The van der Waals surface area contributed by atoms with Gasteiger partial charge in [0.15, 0.2) is 17.5 Å². The number of likely N-dealkylation sites (tertiary alicyclic amines) is 1. The predicted octanol–water partition coefficient (Wildman–Crippen LogP) is 5.04. The number of pyridine rings is 1. The molecule has 5 aromatic rings. The van der Waals surface area contributed by atoms with Crippen LogP contribution in [0.1, 0.15) is 50.0 Å². The molecule has 0 saturated carbocycles. The van der Waals surface area contributed by atoms with Gasteiger partial charge in [-0.3, -0.25) is 28.8 Å². The standard InChI is InChI=1S/C42H45ClF2N10O4/c1-26-32(24-49-54(26)16-15-47-39(56)34-7-5-6-14-46-34)29-10-11-31(37(45)36(29)44)35-25-48-38(51(35)2)40(57)50-28-8-9-30(33(43)23-28)42(59)53-19-17-52(18-20-53)41(58)27-12-21-55(3,4)22-13-27/h5-11,14,23-25,27H,12-13,15-22H2,1-4H3,(H-,47,50,56,57,59)/p+1. The molecule has 2 saturated heterocycles. The summed E-state index contributed by atoms with van der Waals surface area (Å²) in [6.45, 7) is 5.90. The van der Waals surface area contributed by atoms with Gasteiger partial charge in [-0.2, -0.15) is 5.10 Å². The highest BCUT2D eigenvalue weighted by Gasteiger charge is 2.35. The van der Waals surface area contributed by atoms with Gasteiger partial charge in [0, 0.05) is 92.8 Å². The number of piperidine rings is 1. The molecule has 0 radical (unpaired) electrons. The second-order valence-corrected chi connectivity index (χ2v) is 16.0. The van der Waals surface area contributed by atoms with E-state index in [0.717, 1.165) is 30.4 Å². The van der Waals surface area contributed by atoms with Gasteiger partial charge in [-0.1, -0.05) is 23.7 Å². The summed E-state index contributed by atoms with van der Waals surface area (Å²) >= 11 is 6.56. The van der Waals surface area contributed by atoms with Crippen LogP contribution in [0, 0.1) is 24.5 Å². The zero-order valence-corrected chi connectivity index (χ0v) is 34.1. The van der Waals surface area contributed by atoms with Crippen molar-refractivity contribution in [2.75, 3.05) is 65.2 Å². The summed E-state index contributed by atoms with van der Waals surface area (Å²) in [7, 11) is 5.88. The summed E-state index contributed by atoms with van der Waals surface area (Å²) < 4.78 is 35.3. The Morgan fingerprint density at radius 2 is 1.56 bits per heavy atom. The highest BCUT2D eigenvalue weighted by Crippen LogP contribution is 2.33. The first kappa shape index (κ1) is 41.2. The molecule has 59 heavy (non-hydrogen) atoms. The van der Waals surface area contributed by atoms with Crippen LogP contribution in [0.25, 0.3) is 22.4 Å². The Kier molecular flexibility index (Phi) is 11.9. The van der Waals surface area contributed by atoms with Crippen LogP contribution in [-0.2, 0) is 18.4 Å². The highest BCUT2D eigenvalue weighted by atomic mass is 35.5. The second-order valence-electron chi connectivity index (χ2n) is 15.6. The minimum absolute atomic E-state index is 0.00207. The Morgan fingerprint density at radius 3 is 2.25 bits per heavy atom. The number of carbonyl (C=O) groups excluding carboxylic acids is 4. The lowest BCUT2D eigenvalue weighted by molar-refractivity contribution is -0.895. The first-order chi connectivity index (χ1) is 28.2. The monoisotopic (exact) mass is 827 g/mol. The molecule has 0 unspecified atom stereocenters. The molecular formula is C42H46ClF2N10O4+. The number of carbonyl (C=O) groups is 4. The largest absolute Gasteiger partial charge is 0.349 e. The van der Waals surface area contributed by atoms with E-state index in [4.69, 9.17) is 11.6 Å². The van der Waals surface area contributed by atoms with Gasteiger partial charge < -0.3 is 29.5 Å². The molecule has 4 amide bonds. The van der Waals surface area contributed by atoms with Crippen LogP contribution in [0.4, 0.5) is 14.5 Å². The van der Waals surface area contributed by atoms with E-state index in [1.54, 1.807) is 40.8 Å². The van der Waals surface area contributed by atoms with E-state index in [1.807, 2.05) is 4.90 Å². The Labute approximate surface area is 345 Å². The molecule has 0 atom stereocenters. The quantitative estimate of drug-likeness (QED) is 0.188. The fourth-order valence-corrected chi connectivity index (χ4v) is 7.91. The maximum Gasteiger partial charge on any atom is 0.291 e. The fourth-order valence-electron chi connectivity index (χ4n) is 7.65. The van der Waals surface area contributed by atoms with E-state index < -0.39 is 17.5 Å². The summed E-state index contributed by atoms with van der Waals surface area (Å²) in [5.41, 5.74) is 1.88. The minimum atomic E-state index is -1.12. The fraction of sp³-hybridized carbons (Fsp3) is 0.357. The number of quaternary nitrogens is 1. The Bertz CT molecular complexity index is 2400. The van der Waals surface area contributed by atoms with Crippen LogP contribution in [-0.4, -0.2) is 122 Å². The molecule has 2 aromatic carbocycles. The van der Waals surface area contributed by atoms with Crippen LogP contribution in [0.15, 0.2) is 67.1 Å². The van der Waals surface area contributed by atoms with Crippen molar-refractivity contribution in [1.29, 1.82) is 0 Å². The Morgan fingerprint density at radius 1 is 0.864 bits per heavy atom. The minimum Gasteiger partial charge on any atom is -0.349 e. The number of halogens is 3. The number of anilines is 1. The average molecular weight is 828 g/mol. The van der Waals surface area contributed by atoms with E-state index in [-0.39, 0.29) is 69.1 Å². The number of nitrogens with one attached hydrogen (secondary N) is 2. The average Bonchev–Trinajstić information content (AvgIpc) is 3.79. The highest BCUT2D eigenvalue weighted by molar-refractivity contribution is 6.34. The third-order valence-corrected chi connectivity index (χ3v) is 11.6. The summed E-state index contributed by atoms with van der Waals surface area (Å²) in [5, 5.41) is 9.94. The normalized spacial score (nSPS) is 15.6. The third kappa shape index (κ3) is 8.73. The lowest BCUT2D eigenvalue weighted by atomic mass is 9.94. The molecule has 0 spiro atoms. The van der Waals surface area contributed by atoms with Gasteiger partial charge in [0.05, 0.1) is 62.4 Å². The lowest BCUT2D eigenvalue weighted by Crippen LogP contribution is -2.54. The third-order valence-electron chi connectivity index (χ3n) is 11.3. The number of amides is 4. The van der Waals surface area contributed by atoms with Gasteiger partial charge in [-0.25, -0.2) is 13.8 Å². The Balaban J connectivity index is 0.959. The van der Waals surface area contributed by atoms with Crippen molar-refractivity contribution in [1.82, 2.24) is 39.4 Å². The summed E-state index contributed by atoms with van der Waals surface area (Å²) in [6.07, 6.45) is 5.99. The van der Waals surface area contributed by atoms with Crippen LogP contribution >= 0.6 is 11.6 Å². The first-order valence-corrected chi connectivity index (χ1v) is 19.8. The van der Waals surface area contributed by atoms with E-state index in [9.17, 15) is 19.2 Å². The number of benzene rings is 2. The number of hydrogen-bond acceptors (Lipinski definition) is 7. The molecule has 0 bridgehead atoms. The van der Waals surface area contributed by atoms with Crippen molar-refractivity contribution in [2.45, 2.75) is 26.3 Å². The molecule has 7 rings (SSSR count). The summed E-state index contributed by atoms with van der Waals surface area (Å²) in [4.78, 5) is 64.0. The number of imidazole rings is 1. The van der Waals surface area contributed by atoms with Crippen molar-refractivity contribution in [2.24, 2.45) is 13.0 Å². The number of hydrogen-bond donors (Lipinski definition) is 2. The second kappa shape index (κ2) is 17.1. The van der Waals surface area contributed by atoms with Crippen molar-refractivity contribution < 1.29 is 32.4 Å².